The SMILES string of the molecule is C=C1CC(C)C(C(=O)O)C1. The van der Waals surface area contributed by atoms with E-state index in [0.717, 1.165) is 12.0 Å². The zero-order valence-corrected chi connectivity index (χ0v) is 6.13. The molecule has 0 heterocycles. The van der Waals surface area contributed by atoms with E-state index in [4.69, 9.17) is 5.11 Å². The highest BCUT2D eigenvalue weighted by atomic mass is 16.4. The lowest BCUT2D eigenvalue weighted by molar-refractivity contribution is -0.142. The summed E-state index contributed by atoms with van der Waals surface area (Å²) in [5, 5.41) is 8.66. The predicted molar refractivity (Wildman–Crippen MR) is 38.7 cm³/mol. The van der Waals surface area contributed by atoms with E-state index in [1.807, 2.05) is 6.92 Å². The highest BCUT2D eigenvalue weighted by Crippen LogP contribution is 2.34. The smallest absolute Gasteiger partial charge is 0.307 e. The van der Waals surface area contributed by atoms with Crippen molar-refractivity contribution < 1.29 is 9.90 Å². The van der Waals surface area contributed by atoms with Gasteiger partial charge in [-0.2, -0.15) is 0 Å². The Balaban J connectivity index is 2.63. The second-order valence-corrected chi connectivity index (χ2v) is 3.08. The maximum atomic E-state index is 10.5. The minimum Gasteiger partial charge on any atom is -0.481 e. The molecule has 0 aromatic heterocycles. The van der Waals surface area contributed by atoms with Gasteiger partial charge in [0.25, 0.3) is 0 Å². The molecule has 1 saturated carbocycles. The normalized spacial score (nSPS) is 32.7. The lowest BCUT2D eigenvalue weighted by Crippen LogP contribution is -2.15. The van der Waals surface area contributed by atoms with E-state index in [-0.39, 0.29) is 11.8 Å². The van der Waals surface area contributed by atoms with Crippen molar-refractivity contribution in [1.29, 1.82) is 0 Å². The molecule has 56 valence electrons. The maximum absolute atomic E-state index is 10.5. The summed E-state index contributed by atoms with van der Waals surface area (Å²) in [6.07, 6.45) is 1.56. The molecule has 2 unspecified atom stereocenters. The molecule has 0 radical (unpaired) electrons. The first-order valence-electron chi connectivity index (χ1n) is 3.50. The number of hydrogen-bond acceptors (Lipinski definition) is 1. The summed E-state index contributed by atoms with van der Waals surface area (Å²) in [6.45, 7) is 5.74. The molecule has 2 atom stereocenters. The van der Waals surface area contributed by atoms with Crippen LogP contribution in [0.4, 0.5) is 0 Å². The molecule has 0 amide bonds. The molecule has 0 aromatic rings. The lowest BCUT2D eigenvalue weighted by atomic mass is 9.99. The molecule has 0 bridgehead atoms. The van der Waals surface area contributed by atoms with Gasteiger partial charge in [-0.05, 0) is 18.8 Å². The predicted octanol–water partition coefficient (Wildman–Crippen LogP) is 1.67. The fourth-order valence-corrected chi connectivity index (χ4v) is 1.52. The third-order valence-electron chi connectivity index (χ3n) is 2.12. The van der Waals surface area contributed by atoms with Crippen molar-refractivity contribution in [2.24, 2.45) is 11.8 Å². The van der Waals surface area contributed by atoms with Crippen molar-refractivity contribution >= 4 is 5.97 Å². The highest BCUT2D eigenvalue weighted by Gasteiger charge is 2.31. The van der Waals surface area contributed by atoms with Crippen LogP contribution in [-0.4, -0.2) is 11.1 Å². The maximum Gasteiger partial charge on any atom is 0.307 e. The molecule has 10 heavy (non-hydrogen) atoms. The fourth-order valence-electron chi connectivity index (χ4n) is 1.52. The van der Waals surface area contributed by atoms with Crippen molar-refractivity contribution in [2.45, 2.75) is 19.8 Å². The van der Waals surface area contributed by atoms with Gasteiger partial charge in [0.05, 0.1) is 5.92 Å². The summed E-state index contributed by atoms with van der Waals surface area (Å²) < 4.78 is 0. The number of rotatable bonds is 1. The van der Waals surface area contributed by atoms with Crippen LogP contribution < -0.4 is 0 Å². The molecule has 1 rings (SSSR count). The van der Waals surface area contributed by atoms with Crippen LogP contribution in [0.15, 0.2) is 12.2 Å². The summed E-state index contributed by atoms with van der Waals surface area (Å²) in [5.74, 6) is -0.566. The number of aliphatic carboxylic acids is 1. The van der Waals surface area contributed by atoms with Gasteiger partial charge in [0.15, 0.2) is 0 Å². The summed E-state index contributed by atoms with van der Waals surface area (Å²) in [6, 6.07) is 0. The summed E-state index contributed by atoms with van der Waals surface area (Å²) >= 11 is 0. The standard InChI is InChI=1S/C8H12O2/c1-5-3-6(2)7(4-5)8(9)10/h6-7H,1,3-4H2,2H3,(H,9,10). The van der Waals surface area contributed by atoms with E-state index in [2.05, 4.69) is 6.58 Å². The second kappa shape index (κ2) is 2.45. The Labute approximate surface area is 60.6 Å². The van der Waals surface area contributed by atoms with Crippen molar-refractivity contribution in [3.05, 3.63) is 12.2 Å². The summed E-state index contributed by atoms with van der Waals surface area (Å²) in [5.41, 5.74) is 1.08. The molecule has 1 N–H and O–H groups in total. The topological polar surface area (TPSA) is 37.3 Å². The third kappa shape index (κ3) is 1.20. The van der Waals surface area contributed by atoms with E-state index in [1.54, 1.807) is 0 Å². The monoisotopic (exact) mass is 140 g/mol. The summed E-state index contributed by atoms with van der Waals surface area (Å²) in [4.78, 5) is 10.5. The van der Waals surface area contributed by atoms with E-state index in [0.29, 0.717) is 6.42 Å². The Morgan fingerprint density at radius 3 is 2.50 bits per heavy atom. The fraction of sp³-hybridized carbons (Fsp3) is 0.625. The quantitative estimate of drug-likeness (QED) is 0.562. The first-order chi connectivity index (χ1) is 4.61. The first kappa shape index (κ1) is 7.32. The van der Waals surface area contributed by atoms with Crippen molar-refractivity contribution in [3.8, 4) is 0 Å². The molecule has 0 spiro atoms. The Bertz CT molecular complexity index is 172. The largest absolute Gasteiger partial charge is 0.481 e. The van der Waals surface area contributed by atoms with Crippen LogP contribution in [0.1, 0.15) is 19.8 Å². The van der Waals surface area contributed by atoms with E-state index in [9.17, 15) is 4.79 Å². The Morgan fingerprint density at radius 1 is 1.70 bits per heavy atom. The molecular weight excluding hydrogens is 128 g/mol. The van der Waals surface area contributed by atoms with E-state index >= 15 is 0 Å². The molecular formula is C8H12O2. The lowest BCUT2D eigenvalue weighted by Gasteiger charge is -2.06. The second-order valence-electron chi connectivity index (χ2n) is 3.08. The van der Waals surface area contributed by atoms with Crippen molar-refractivity contribution in [3.63, 3.8) is 0 Å². The minimum absolute atomic E-state index is 0.174. The van der Waals surface area contributed by atoms with Gasteiger partial charge in [0.1, 0.15) is 0 Å². The molecule has 1 aliphatic carbocycles. The van der Waals surface area contributed by atoms with Gasteiger partial charge in [-0.3, -0.25) is 4.79 Å². The van der Waals surface area contributed by atoms with Crippen LogP contribution in [0.2, 0.25) is 0 Å². The molecule has 0 saturated heterocycles. The van der Waals surface area contributed by atoms with Crippen LogP contribution in [0.3, 0.4) is 0 Å². The Morgan fingerprint density at radius 2 is 2.30 bits per heavy atom. The highest BCUT2D eigenvalue weighted by molar-refractivity contribution is 5.71. The number of allylic oxidation sites excluding steroid dienone is 1. The number of carboxylic acid groups (broad SMARTS) is 1. The van der Waals surface area contributed by atoms with Crippen LogP contribution in [0.5, 0.6) is 0 Å². The summed E-state index contributed by atoms with van der Waals surface area (Å²) in [7, 11) is 0. The van der Waals surface area contributed by atoms with Gasteiger partial charge in [-0.1, -0.05) is 19.1 Å². The third-order valence-corrected chi connectivity index (χ3v) is 2.12. The number of carboxylic acids is 1. The molecule has 0 aromatic carbocycles. The molecule has 1 fully saturated rings. The minimum atomic E-state index is -0.675. The molecule has 2 heteroatoms. The van der Waals surface area contributed by atoms with Gasteiger partial charge >= 0.3 is 5.97 Å². The van der Waals surface area contributed by atoms with Crippen molar-refractivity contribution in [2.75, 3.05) is 0 Å². The van der Waals surface area contributed by atoms with Gasteiger partial charge in [-0.25, -0.2) is 0 Å². The molecule has 1 aliphatic rings. The average Bonchev–Trinajstić information content (AvgIpc) is 2.10. The Hall–Kier alpha value is -0.790. The van der Waals surface area contributed by atoms with Gasteiger partial charge in [0.2, 0.25) is 0 Å². The van der Waals surface area contributed by atoms with Gasteiger partial charge in [-0.15, -0.1) is 0 Å². The van der Waals surface area contributed by atoms with Gasteiger partial charge in [0, 0.05) is 0 Å². The zero-order chi connectivity index (χ0) is 7.72. The van der Waals surface area contributed by atoms with Gasteiger partial charge < -0.3 is 5.11 Å². The Kier molecular flexibility index (Phi) is 1.79. The molecule has 0 aliphatic heterocycles. The zero-order valence-electron chi connectivity index (χ0n) is 6.13. The van der Waals surface area contributed by atoms with Crippen molar-refractivity contribution in [1.82, 2.24) is 0 Å². The number of hydrogen-bond donors (Lipinski definition) is 1. The van der Waals surface area contributed by atoms with Crippen LogP contribution in [-0.2, 0) is 4.79 Å². The van der Waals surface area contributed by atoms with Crippen LogP contribution in [0.25, 0.3) is 0 Å². The van der Waals surface area contributed by atoms with Crippen LogP contribution in [0, 0.1) is 11.8 Å². The van der Waals surface area contributed by atoms with E-state index < -0.39 is 5.97 Å². The first-order valence-corrected chi connectivity index (χ1v) is 3.50. The average molecular weight is 140 g/mol. The number of carbonyl (C=O) groups is 1. The van der Waals surface area contributed by atoms with E-state index in [1.165, 1.54) is 0 Å². The molecule has 2 nitrogen and oxygen atoms in total. The van der Waals surface area contributed by atoms with Crippen LogP contribution >= 0.6 is 0 Å².